The van der Waals surface area contributed by atoms with Crippen molar-refractivity contribution in [2.45, 2.75) is 44.8 Å². The van der Waals surface area contributed by atoms with Crippen LogP contribution in [0.5, 0.6) is 0 Å². The maximum atomic E-state index is 11.8. The van der Waals surface area contributed by atoms with Gasteiger partial charge in [0.15, 0.2) is 0 Å². The maximum absolute atomic E-state index is 11.8. The maximum Gasteiger partial charge on any atom is 0.315 e. The largest absolute Gasteiger partial charge is 0.391 e. The third-order valence-electron chi connectivity index (χ3n) is 4.11. The summed E-state index contributed by atoms with van der Waals surface area (Å²) in [7, 11) is 0. The average molecular weight is 276 g/mol. The van der Waals surface area contributed by atoms with Gasteiger partial charge in [-0.1, -0.05) is 50.6 Å². The third kappa shape index (κ3) is 3.97. The van der Waals surface area contributed by atoms with Crippen LogP contribution in [0.1, 0.15) is 38.2 Å². The predicted octanol–water partition coefficient (Wildman–Crippen LogP) is 2.25. The van der Waals surface area contributed by atoms with Gasteiger partial charge in [-0.2, -0.15) is 0 Å². The molecule has 1 aliphatic carbocycles. The first-order valence-electron chi connectivity index (χ1n) is 7.39. The Bertz CT molecular complexity index is 435. The molecule has 4 heteroatoms. The van der Waals surface area contributed by atoms with Crippen LogP contribution in [0.15, 0.2) is 30.3 Å². The van der Waals surface area contributed by atoms with Gasteiger partial charge in [0.2, 0.25) is 0 Å². The first-order valence-corrected chi connectivity index (χ1v) is 7.39. The molecule has 4 nitrogen and oxygen atoms in total. The lowest BCUT2D eigenvalue weighted by atomic mass is 10.0. The molecular weight excluding hydrogens is 252 g/mol. The van der Waals surface area contributed by atoms with Gasteiger partial charge >= 0.3 is 6.03 Å². The molecule has 1 saturated carbocycles. The Balaban J connectivity index is 1.69. The Morgan fingerprint density at radius 2 is 2.10 bits per heavy atom. The molecule has 1 aliphatic rings. The van der Waals surface area contributed by atoms with E-state index in [4.69, 9.17) is 0 Å². The van der Waals surface area contributed by atoms with Gasteiger partial charge in [-0.25, -0.2) is 4.79 Å². The number of nitrogens with one attached hydrogen (secondary N) is 2. The Kier molecular flexibility index (Phi) is 5.01. The van der Waals surface area contributed by atoms with Gasteiger partial charge in [-0.05, 0) is 17.9 Å². The number of hydrogen-bond donors (Lipinski definition) is 3. The highest BCUT2D eigenvalue weighted by atomic mass is 16.3. The van der Waals surface area contributed by atoms with Gasteiger partial charge in [0.25, 0.3) is 0 Å². The molecule has 20 heavy (non-hydrogen) atoms. The summed E-state index contributed by atoms with van der Waals surface area (Å²) in [5.74, 6) is 0.634. The average Bonchev–Trinajstić information content (AvgIpc) is 3.24. The molecule has 110 valence electrons. The fraction of sp³-hybridized carbons (Fsp3) is 0.562. The molecule has 2 amide bonds. The van der Waals surface area contributed by atoms with E-state index in [2.05, 4.69) is 22.8 Å². The Morgan fingerprint density at radius 1 is 1.40 bits per heavy atom. The Labute approximate surface area is 120 Å². The number of aliphatic hydroxyl groups excluding tert-OH is 1. The van der Waals surface area contributed by atoms with Crippen molar-refractivity contribution in [2.75, 3.05) is 6.54 Å². The summed E-state index contributed by atoms with van der Waals surface area (Å²) in [6.07, 6.45) is 1.42. The molecule has 0 aliphatic heterocycles. The minimum atomic E-state index is -0.477. The molecule has 0 saturated heterocycles. The van der Waals surface area contributed by atoms with E-state index in [9.17, 15) is 9.90 Å². The Morgan fingerprint density at radius 3 is 2.75 bits per heavy atom. The van der Waals surface area contributed by atoms with E-state index in [1.165, 1.54) is 5.56 Å². The van der Waals surface area contributed by atoms with Gasteiger partial charge in [0, 0.05) is 18.5 Å². The second-order valence-electron chi connectivity index (χ2n) is 5.67. The van der Waals surface area contributed by atoms with Crippen molar-refractivity contribution in [1.82, 2.24) is 10.6 Å². The zero-order valence-corrected chi connectivity index (χ0v) is 12.2. The molecule has 4 atom stereocenters. The highest BCUT2D eigenvalue weighted by molar-refractivity contribution is 5.74. The van der Waals surface area contributed by atoms with Gasteiger partial charge in [0.05, 0.1) is 6.10 Å². The molecule has 0 bridgehead atoms. The second kappa shape index (κ2) is 6.75. The summed E-state index contributed by atoms with van der Waals surface area (Å²) >= 11 is 0. The number of amides is 2. The topological polar surface area (TPSA) is 61.4 Å². The predicted molar refractivity (Wildman–Crippen MR) is 79.6 cm³/mol. The van der Waals surface area contributed by atoms with Crippen molar-refractivity contribution in [3.05, 3.63) is 35.9 Å². The quantitative estimate of drug-likeness (QED) is 0.746. The van der Waals surface area contributed by atoms with E-state index in [-0.39, 0.29) is 18.0 Å². The van der Waals surface area contributed by atoms with Gasteiger partial charge in [-0.15, -0.1) is 0 Å². The van der Waals surface area contributed by atoms with Crippen molar-refractivity contribution >= 4 is 6.03 Å². The van der Waals surface area contributed by atoms with Crippen molar-refractivity contribution in [3.8, 4) is 0 Å². The number of carbonyl (C=O) groups excluding carboxylic acids is 1. The van der Waals surface area contributed by atoms with E-state index < -0.39 is 6.10 Å². The van der Waals surface area contributed by atoms with Crippen molar-refractivity contribution in [3.63, 3.8) is 0 Å². The molecule has 3 N–H and O–H groups in total. The Hall–Kier alpha value is -1.55. The summed E-state index contributed by atoms with van der Waals surface area (Å²) in [5.41, 5.74) is 1.28. The highest BCUT2D eigenvalue weighted by Gasteiger charge is 2.39. The molecule has 0 spiro atoms. The lowest BCUT2D eigenvalue weighted by Crippen LogP contribution is -2.42. The number of aliphatic hydroxyl groups is 1. The molecule has 1 fully saturated rings. The number of benzene rings is 1. The van der Waals surface area contributed by atoms with Crippen LogP contribution in [0.4, 0.5) is 4.79 Å². The summed E-state index contributed by atoms with van der Waals surface area (Å²) in [6, 6.07) is 10.3. The number of rotatable bonds is 6. The lowest BCUT2D eigenvalue weighted by molar-refractivity contribution is 0.114. The molecule has 4 unspecified atom stereocenters. The molecule has 2 rings (SSSR count). The number of urea groups is 1. The first-order chi connectivity index (χ1) is 9.61. The zero-order valence-electron chi connectivity index (χ0n) is 12.2. The SMILES string of the molecule is CCC(C)C(O)CNC(=O)NC1CC1c1ccccc1. The van der Waals surface area contributed by atoms with E-state index in [0.29, 0.717) is 12.5 Å². The molecule has 0 heterocycles. The molecule has 0 aromatic heterocycles. The van der Waals surface area contributed by atoms with E-state index in [0.717, 1.165) is 12.8 Å². The van der Waals surface area contributed by atoms with Crippen LogP contribution in [-0.2, 0) is 0 Å². The number of hydrogen-bond acceptors (Lipinski definition) is 2. The van der Waals surface area contributed by atoms with Crippen LogP contribution in [0.2, 0.25) is 0 Å². The fourth-order valence-electron chi connectivity index (χ4n) is 2.31. The van der Waals surface area contributed by atoms with Crippen LogP contribution >= 0.6 is 0 Å². The van der Waals surface area contributed by atoms with Crippen LogP contribution < -0.4 is 10.6 Å². The van der Waals surface area contributed by atoms with Crippen LogP contribution in [0, 0.1) is 5.92 Å². The summed E-state index contributed by atoms with van der Waals surface area (Å²) < 4.78 is 0. The minimum absolute atomic E-state index is 0.184. The second-order valence-corrected chi connectivity index (χ2v) is 5.67. The smallest absolute Gasteiger partial charge is 0.315 e. The molecule has 0 radical (unpaired) electrons. The fourth-order valence-corrected chi connectivity index (χ4v) is 2.31. The van der Waals surface area contributed by atoms with Crippen molar-refractivity contribution in [2.24, 2.45) is 5.92 Å². The third-order valence-corrected chi connectivity index (χ3v) is 4.11. The summed E-state index contributed by atoms with van der Waals surface area (Å²) in [5, 5.41) is 15.5. The number of carbonyl (C=O) groups is 1. The monoisotopic (exact) mass is 276 g/mol. The molecule has 1 aromatic carbocycles. The van der Waals surface area contributed by atoms with E-state index in [1.54, 1.807) is 0 Å². The van der Waals surface area contributed by atoms with Gasteiger partial charge in [-0.3, -0.25) is 0 Å². The van der Waals surface area contributed by atoms with Crippen LogP contribution in [0.3, 0.4) is 0 Å². The highest BCUT2D eigenvalue weighted by Crippen LogP contribution is 2.40. The van der Waals surface area contributed by atoms with E-state index in [1.807, 2.05) is 32.0 Å². The first kappa shape index (κ1) is 14.9. The van der Waals surface area contributed by atoms with Gasteiger partial charge in [0.1, 0.15) is 0 Å². The minimum Gasteiger partial charge on any atom is -0.391 e. The van der Waals surface area contributed by atoms with Crippen LogP contribution in [-0.4, -0.2) is 29.8 Å². The van der Waals surface area contributed by atoms with E-state index >= 15 is 0 Å². The van der Waals surface area contributed by atoms with Crippen LogP contribution in [0.25, 0.3) is 0 Å². The standard InChI is InChI=1S/C16H24N2O2/c1-3-11(2)15(19)10-17-16(20)18-14-9-13(14)12-7-5-4-6-8-12/h4-8,11,13-15,19H,3,9-10H2,1-2H3,(H2,17,18,20). The lowest BCUT2D eigenvalue weighted by Gasteiger charge is -2.17. The molecule has 1 aromatic rings. The normalized spacial score (nSPS) is 23.8. The van der Waals surface area contributed by atoms with Crippen molar-refractivity contribution < 1.29 is 9.90 Å². The summed E-state index contributed by atoms with van der Waals surface area (Å²) in [4.78, 5) is 11.8. The zero-order chi connectivity index (χ0) is 14.5. The van der Waals surface area contributed by atoms with Gasteiger partial charge < -0.3 is 15.7 Å². The summed E-state index contributed by atoms with van der Waals surface area (Å²) in [6.45, 7) is 4.32. The molecular formula is C16H24N2O2. The van der Waals surface area contributed by atoms with Crippen molar-refractivity contribution in [1.29, 1.82) is 0 Å².